The zero-order valence-corrected chi connectivity index (χ0v) is 9.77. The van der Waals surface area contributed by atoms with Crippen molar-refractivity contribution >= 4 is 27.3 Å². The minimum Gasteiger partial charge on any atom is -0.388 e. The van der Waals surface area contributed by atoms with E-state index in [9.17, 15) is 5.11 Å². The maximum absolute atomic E-state index is 9.72. The smallest absolute Gasteiger partial charge is 0.0882 e. The Bertz CT molecular complexity index is 270. The largest absolute Gasteiger partial charge is 0.388 e. The van der Waals surface area contributed by atoms with Crippen LogP contribution in [-0.4, -0.2) is 5.11 Å². The van der Waals surface area contributed by atoms with Crippen molar-refractivity contribution in [2.45, 2.75) is 25.4 Å². The third kappa shape index (κ3) is 3.63. The predicted molar refractivity (Wildman–Crippen MR) is 61.0 cm³/mol. The van der Waals surface area contributed by atoms with Crippen LogP contribution in [0, 0.1) is 0 Å². The molecule has 0 amide bonds. The van der Waals surface area contributed by atoms with E-state index in [0.29, 0.717) is 0 Å². The van der Waals surface area contributed by atoms with Gasteiger partial charge in [0.1, 0.15) is 0 Å². The molecule has 0 aliphatic carbocycles. The summed E-state index contributed by atoms with van der Waals surface area (Å²) in [5.41, 5.74) is 0. The minimum absolute atomic E-state index is 0.309. The Kier molecular flexibility index (Phi) is 4.70. The van der Waals surface area contributed by atoms with E-state index in [-0.39, 0.29) is 6.10 Å². The molecular weight excluding hydrogens is 248 g/mol. The molecule has 3 heteroatoms. The van der Waals surface area contributed by atoms with E-state index >= 15 is 0 Å². The molecule has 1 atom stereocenters. The minimum atomic E-state index is -0.309. The monoisotopic (exact) mass is 260 g/mol. The standard InChI is InChI=1S/C10H13BrOS/c1-2-3-4-5-9(12)10-6-8(11)7-13-10/h2,6-7,9,12H,1,3-5H2. The van der Waals surface area contributed by atoms with Crippen LogP contribution in [0.25, 0.3) is 0 Å². The number of thiophene rings is 1. The number of hydrogen-bond acceptors (Lipinski definition) is 2. The second-order valence-corrected chi connectivity index (χ2v) is 4.76. The van der Waals surface area contributed by atoms with Crippen LogP contribution in [0.5, 0.6) is 0 Å². The molecule has 0 saturated heterocycles. The topological polar surface area (TPSA) is 20.2 Å². The molecule has 0 spiro atoms. The molecular formula is C10H13BrOS. The van der Waals surface area contributed by atoms with Crippen LogP contribution >= 0.6 is 27.3 Å². The van der Waals surface area contributed by atoms with Gasteiger partial charge < -0.3 is 5.11 Å². The maximum atomic E-state index is 9.72. The molecule has 1 N–H and O–H groups in total. The van der Waals surface area contributed by atoms with Crippen LogP contribution < -0.4 is 0 Å². The normalized spacial score (nSPS) is 12.8. The fourth-order valence-corrected chi connectivity index (χ4v) is 2.57. The van der Waals surface area contributed by atoms with Crippen molar-refractivity contribution in [3.8, 4) is 0 Å². The second kappa shape index (κ2) is 5.58. The van der Waals surface area contributed by atoms with Crippen LogP contribution in [0.3, 0.4) is 0 Å². The molecule has 1 heterocycles. The first-order chi connectivity index (χ1) is 6.24. The van der Waals surface area contributed by atoms with Crippen molar-refractivity contribution < 1.29 is 5.11 Å². The number of aliphatic hydroxyl groups is 1. The summed E-state index contributed by atoms with van der Waals surface area (Å²) >= 11 is 4.96. The van der Waals surface area contributed by atoms with Crippen molar-refractivity contribution in [2.75, 3.05) is 0 Å². The average molecular weight is 261 g/mol. The number of allylic oxidation sites excluding steroid dienone is 1. The summed E-state index contributed by atoms with van der Waals surface area (Å²) < 4.78 is 1.05. The lowest BCUT2D eigenvalue weighted by molar-refractivity contribution is 0.168. The molecule has 1 nitrogen and oxygen atoms in total. The summed E-state index contributed by atoms with van der Waals surface area (Å²) in [4.78, 5) is 1.04. The Labute approximate surface area is 91.2 Å². The molecule has 72 valence electrons. The van der Waals surface area contributed by atoms with Gasteiger partial charge in [-0.05, 0) is 41.3 Å². The molecule has 0 bridgehead atoms. The van der Waals surface area contributed by atoms with E-state index in [1.807, 2.05) is 17.5 Å². The van der Waals surface area contributed by atoms with Gasteiger partial charge in [-0.25, -0.2) is 0 Å². The van der Waals surface area contributed by atoms with E-state index in [2.05, 4.69) is 22.5 Å². The van der Waals surface area contributed by atoms with Crippen LogP contribution in [0.1, 0.15) is 30.2 Å². The maximum Gasteiger partial charge on any atom is 0.0882 e. The Balaban J connectivity index is 2.39. The lowest BCUT2D eigenvalue weighted by atomic mass is 10.1. The third-order valence-electron chi connectivity index (χ3n) is 1.80. The Morgan fingerprint density at radius 1 is 1.69 bits per heavy atom. The summed E-state index contributed by atoms with van der Waals surface area (Å²) in [5.74, 6) is 0. The lowest BCUT2D eigenvalue weighted by Crippen LogP contribution is -1.93. The fourth-order valence-electron chi connectivity index (χ4n) is 1.10. The number of unbranched alkanes of at least 4 members (excludes halogenated alkanes) is 1. The molecule has 1 rings (SSSR count). The SMILES string of the molecule is C=CCCCC(O)c1cc(Br)cs1. The molecule has 1 aromatic rings. The van der Waals surface area contributed by atoms with Crippen LogP contribution in [0.15, 0.2) is 28.6 Å². The van der Waals surface area contributed by atoms with Crippen molar-refractivity contribution in [3.63, 3.8) is 0 Å². The van der Waals surface area contributed by atoms with Crippen LogP contribution in [-0.2, 0) is 0 Å². The molecule has 0 fully saturated rings. The van der Waals surface area contributed by atoms with Gasteiger partial charge in [-0.2, -0.15) is 0 Å². The summed E-state index contributed by atoms with van der Waals surface area (Å²) in [6, 6.07) is 1.98. The molecule has 0 saturated carbocycles. The molecule has 0 aliphatic rings. The Morgan fingerprint density at radius 2 is 2.46 bits per heavy atom. The molecule has 0 aromatic carbocycles. The number of halogens is 1. The first kappa shape index (κ1) is 11.0. The molecule has 1 unspecified atom stereocenters. The van der Waals surface area contributed by atoms with E-state index in [4.69, 9.17) is 0 Å². The highest BCUT2D eigenvalue weighted by molar-refractivity contribution is 9.10. The van der Waals surface area contributed by atoms with Crippen LogP contribution in [0.2, 0.25) is 0 Å². The Morgan fingerprint density at radius 3 is 3.00 bits per heavy atom. The molecule has 13 heavy (non-hydrogen) atoms. The van der Waals surface area contributed by atoms with Crippen LogP contribution in [0.4, 0.5) is 0 Å². The van der Waals surface area contributed by atoms with Gasteiger partial charge in [-0.15, -0.1) is 17.9 Å². The first-order valence-electron chi connectivity index (χ1n) is 4.27. The van der Waals surface area contributed by atoms with E-state index in [0.717, 1.165) is 28.6 Å². The summed E-state index contributed by atoms with van der Waals surface area (Å²) in [6.07, 6.45) is 4.37. The fraction of sp³-hybridized carbons (Fsp3) is 0.400. The van der Waals surface area contributed by atoms with E-state index in [1.165, 1.54) is 0 Å². The van der Waals surface area contributed by atoms with Crippen molar-refractivity contribution in [3.05, 3.63) is 33.5 Å². The van der Waals surface area contributed by atoms with Gasteiger partial charge in [-0.1, -0.05) is 6.08 Å². The predicted octanol–water partition coefficient (Wildman–Crippen LogP) is 3.90. The van der Waals surface area contributed by atoms with Gasteiger partial charge in [0.25, 0.3) is 0 Å². The van der Waals surface area contributed by atoms with Crippen molar-refractivity contribution in [1.29, 1.82) is 0 Å². The van der Waals surface area contributed by atoms with Gasteiger partial charge in [-0.3, -0.25) is 0 Å². The zero-order valence-electron chi connectivity index (χ0n) is 7.37. The third-order valence-corrected chi connectivity index (χ3v) is 3.60. The van der Waals surface area contributed by atoms with Crippen molar-refractivity contribution in [2.24, 2.45) is 0 Å². The lowest BCUT2D eigenvalue weighted by Gasteiger charge is -2.06. The highest BCUT2D eigenvalue weighted by Crippen LogP contribution is 2.28. The second-order valence-electron chi connectivity index (χ2n) is 2.90. The van der Waals surface area contributed by atoms with Gasteiger partial charge >= 0.3 is 0 Å². The summed E-state index contributed by atoms with van der Waals surface area (Å²) in [6.45, 7) is 3.65. The number of aliphatic hydroxyl groups excluding tert-OH is 1. The van der Waals surface area contributed by atoms with Gasteiger partial charge in [0.15, 0.2) is 0 Å². The zero-order chi connectivity index (χ0) is 9.68. The molecule has 1 aromatic heterocycles. The molecule has 0 radical (unpaired) electrons. The Hall–Kier alpha value is -0.120. The number of hydrogen-bond donors (Lipinski definition) is 1. The molecule has 0 aliphatic heterocycles. The van der Waals surface area contributed by atoms with E-state index in [1.54, 1.807) is 11.3 Å². The summed E-state index contributed by atoms with van der Waals surface area (Å²) in [7, 11) is 0. The highest BCUT2D eigenvalue weighted by Gasteiger charge is 2.08. The number of rotatable bonds is 5. The van der Waals surface area contributed by atoms with Gasteiger partial charge in [0.2, 0.25) is 0 Å². The van der Waals surface area contributed by atoms with Gasteiger partial charge in [0, 0.05) is 14.7 Å². The quantitative estimate of drug-likeness (QED) is 0.629. The van der Waals surface area contributed by atoms with E-state index < -0.39 is 0 Å². The highest BCUT2D eigenvalue weighted by atomic mass is 79.9. The summed E-state index contributed by atoms with van der Waals surface area (Å²) in [5, 5.41) is 11.7. The average Bonchev–Trinajstić information content (AvgIpc) is 2.52. The van der Waals surface area contributed by atoms with Gasteiger partial charge in [0.05, 0.1) is 6.10 Å². The van der Waals surface area contributed by atoms with Crippen molar-refractivity contribution in [1.82, 2.24) is 0 Å². The first-order valence-corrected chi connectivity index (χ1v) is 5.94.